The van der Waals surface area contributed by atoms with E-state index < -0.39 is 0 Å². The minimum Gasteiger partial charge on any atom is -0.315 e. The van der Waals surface area contributed by atoms with E-state index in [1.807, 2.05) is 27.7 Å². The maximum atomic E-state index is 4.48. The maximum Gasteiger partial charge on any atom is 0.0216 e. The first-order valence-corrected chi connectivity index (χ1v) is 12.6. The van der Waals surface area contributed by atoms with Crippen molar-refractivity contribution in [1.29, 1.82) is 0 Å². The van der Waals surface area contributed by atoms with Gasteiger partial charge in [0.25, 0.3) is 0 Å². The van der Waals surface area contributed by atoms with Crippen LogP contribution < -0.4 is 5.32 Å². The summed E-state index contributed by atoms with van der Waals surface area (Å²) in [5.41, 5.74) is 0.665. The summed E-state index contributed by atoms with van der Waals surface area (Å²) in [5.74, 6) is 0. The van der Waals surface area contributed by atoms with Gasteiger partial charge >= 0.3 is 0 Å². The highest BCUT2D eigenvalue weighted by Crippen LogP contribution is 2.47. The molecule has 5 heteroatoms. The van der Waals surface area contributed by atoms with Crippen LogP contribution in [0.25, 0.3) is 0 Å². The molecule has 2 heterocycles. The van der Waals surface area contributed by atoms with E-state index >= 15 is 0 Å². The monoisotopic (exact) mass is 414 g/mol. The molecule has 3 fully saturated rings. The first-order valence-electron chi connectivity index (χ1n) is 12.2. The van der Waals surface area contributed by atoms with Gasteiger partial charge in [-0.2, -0.15) is 0 Å². The standard InChI is InChI=1S/C19H38N4S.2C2H6/c1-3-19(7-8-19)16-20-15-17(2)21-9-4-5-18(6-10-21)22-11-13-23(24)14-12-22;2*1-2/h17-18,20,24H,3-16H2,1-2H3;2*1-2H3. The Hall–Kier alpha value is 0.190. The molecule has 0 bridgehead atoms. The number of piperazine rings is 1. The van der Waals surface area contributed by atoms with Gasteiger partial charge in [0, 0.05) is 51.4 Å². The second kappa shape index (κ2) is 14.2. The van der Waals surface area contributed by atoms with E-state index in [1.54, 1.807) is 0 Å². The fraction of sp³-hybridized carbons (Fsp3) is 1.00. The molecule has 1 N–H and O–H groups in total. The van der Waals surface area contributed by atoms with Gasteiger partial charge in [-0.15, -0.1) is 0 Å². The number of hydrogen-bond donors (Lipinski definition) is 2. The molecule has 2 unspecified atom stereocenters. The third kappa shape index (κ3) is 8.51. The Morgan fingerprint density at radius 1 is 0.964 bits per heavy atom. The van der Waals surface area contributed by atoms with Crippen molar-refractivity contribution in [2.24, 2.45) is 5.41 Å². The molecule has 28 heavy (non-hydrogen) atoms. The lowest BCUT2D eigenvalue weighted by molar-refractivity contribution is 0.128. The van der Waals surface area contributed by atoms with E-state index in [9.17, 15) is 0 Å². The molecular weight excluding hydrogens is 364 g/mol. The Labute approximate surface area is 182 Å². The second-order valence-corrected chi connectivity index (χ2v) is 9.01. The van der Waals surface area contributed by atoms with Crippen molar-refractivity contribution >= 4 is 12.8 Å². The van der Waals surface area contributed by atoms with Gasteiger partial charge in [-0.25, -0.2) is 0 Å². The molecule has 2 aliphatic heterocycles. The van der Waals surface area contributed by atoms with Crippen LogP contribution in [-0.2, 0) is 0 Å². The van der Waals surface area contributed by atoms with Crippen LogP contribution in [0.3, 0.4) is 0 Å². The lowest BCUT2D eigenvalue weighted by Gasteiger charge is -2.37. The number of rotatable bonds is 7. The molecule has 1 aliphatic carbocycles. The number of thiol groups is 1. The molecule has 0 aromatic carbocycles. The molecule has 0 aromatic heterocycles. The summed E-state index contributed by atoms with van der Waals surface area (Å²) in [5, 5.41) is 3.77. The van der Waals surface area contributed by atoms with Crippen LogP contribution in [0.5, 0.6) is 0 Å². The second-order valence-electron chi connectivity index (χ2n) is 8.44. The summed E-state index contributed by atoms with van der Waals surface area (Å²) in [4.78, 5) is 5.45. The third-order valence-corrected chi connectivity index (χ3v) is 7.21. The lowest BCUT2D eigenvalue weighted by Crippen LogP contribution is -2.48. The summed E-state index contributed by atoms with van der Waals surface area (Å²) >= 11 is 4.48. The lowest BCUT2D eigenvalue weighted by atomic mass is 10.0. The van der Waals surface area contributed by atoms with Gasteiger partial charge in [0.1, 0.15) is 0 Å². The van der Waals surface area contributed by atoms with Crippen LogP contribution >= 0.6 is 12.8 Å². The average Bonchev–Trinajstić information content (AvgIpc) is 3.55. The first-order chi connectivity index (χ1) is 13.6. The van der Waals surface area contributed by atoms with Crippen molar-refractivity contribution in [3.8, 4) is 0 Å². The zero-order valence-corrected chi connectivity index (χ0v) is 20.7. The van der Waals surface area contributed by atoms with Crippen LogP contribution in [0, 0.1) is 5.41 Å². The first kappa shape index (κ1) is 26.2. The van der Waals surface area contributed by atoms with Gasteiger partial charge in [-0.05, 0) is 64.0 Å². The minimum atomic E-state index is 0.665. The van der Waals surface area contributed by atoms with Gasteiger partial charge in [0.2, 0.25) is 0 Å². The van der Waals surface area contributed by atoms with E-state index in [2.05, 4.69) is 46.1 Å². The van der Waals surface area contributed by atoms with Gasteiger partial charge in [0.05, 0.1) is 0 Å². The Morgan fingerprint density at radius 3 is 2.18 bits per heavy atom. The fourth-order valence-electron chi connectivity index (χ4n) is 4.49. The molecule has 2 atom stereocenters. The van der Waals surface area contributed by atoms with Crippen LogP contribution in [-0.4, -0.2) is 78.5 Å². The predicted octanol–water partition coefficient (Wildman–Crippen LogP) is 4.52. The number of likely N-dealkylation sites (tertiary alicyclic amines) is 1. The quantitative estimate of drug-likeness (QED) is 0.597. The Morgan fingerprint density at radius 2 is 1.61 bits per heavy atom. The van der Waals surface area contributed by atoms with Crippen molar-refractivity contribution < 1.29 is 0 Å². The molecule has 168 valence electrons. The molecule has 1 saturated carbocycles. The summed E-state index contributed by atoms with van der Waals surface area (Å²) in [6, 6.07) is 1.47. The summed E-state index contributed by atoms with van der Waals surface area (Å²) in [7, 11) is 0. The number of hydrogen-bond acceptors (Lipinski definition) is 5. The van der Waals surface area contributed by atoms with Crippen LogP contribution in [0.1, 0.15) is 80.1 Å². The van der Waals surface area contributed by atoms with E-state index in [0.29, 0.717) is 11.5 Å². The molecule has 0 radical (unpaired) electrons. The van der Waals surface area contributed by atoms with Gasteiger partial charge in [-0.3, -0.25) is 14.1 Å². The van der Waals surface area contributed by atoms with Gasteiger partial charge in [-0.1, -0.05) is 47.4 Å². The molecule has 0 amide bonds. The average molecular weight is 415 g/mol. The molecule has 0 aromatic rings. The third-order valence-electron chi connectivity index (χ3n) is 6.81. The molecule has 2 saturated heterocycles. The van der Waals surface area contributed by atoms with Crippen molar-refractivity contribution in [3.63, 3.8) is 0 Å². The van der Waals surface area contributed by atoms with E-state index in [0.717, 1.165) is 25.7 Å². The Bertz CT molecular complexity index is 381. The maximum absolute atomic E-state index is 4.48. The number of nitrogens with one attached hydrogen (secondary N) is 1. The minimum absolute atomic E-state index is 0.665. The molecular formula is C23H50N4S. The van der Waals surface area contributed by atoms with Crippen LogP contribution in [0.2, 0.25) is 0 Å². The summed E-state index contributed by atoms with van der Waals surface area (Å²) < 4.78 is 2.16. The van der Waals surface area contributed by atoms with Gasteiger partial charge < -0.3 is 5.32 Å². The Kier molecular flexibility index (Phi) is 13.3. The zero-order valence-electron chi connectivity index (χ0n) is 19.8. The van der Waals surface area contributed by atoms with Crippen LogP contribution in [0.4, 0.5) is 0 Å². The van der Waals surface area contributed by atoms with Gasteiger partial charge in [0.15, 0.2) is 0 Å². The fourth-order valence-corrected chi connectivity index (χ4v) is 4.67. The highest BCUT2D eigenvalue weighted by molar-refractivity contribution is 7.77. The van der Waals surface area contributed by atoms with E-state index in [4.69, 9.17) is 0 Å². The SMILES string of the molecule is CC.CC.CCC1(CNCC(C)N2CCCC(N3CCN(S)CC3)CC2)CC1. The highest BCUT2D eigenvalue weighted by atomic mass is 32.1. The predicted molar refractivity (Wildman–Crippen MR) is 128 cm³/mol. The largest absolute Gasteiger partial charge is 0.315 e. The normalized spacial score (nSPS) is 26.9. The Balaban J connectivity index is 0.000000921. The van der Waals surface area contributed by atoms with Crippen molar-refractivity contribution in [2.45, 2.75) is 92.2 Å². The number of nitrogens with zero attached hydrogens (tertiary/aromatic N) is 3. The zero-order chi connectivity index (χ0) is 21.0. The van der Waals surface area contributed by atoms with Crippen molar-refractivity contribution in [1.82, 2.24) is 19.4 Å². The molecule has 4 nitrogen and oxygen atoms in total. The smallest absolute Gasteiger partial charge is 0.0216 e. The van der Waals surface area contributed by atoms with Crippen LogP contribution in [0.15, 0.2) is 0 Å². The van der Waals surface area contributed by atoms with E-state index in [1.165, 1.54) is 71.2 Å². The summed E-state index contributed by atoms with van der Waals surface area (Å²) in [6.45, 7) is 22.3. The van der Waals surface area contributed by atoms with Crippen molar-refractivity contribution in [2.75, 3.05) is 52.4 Å². The van der Waals surface area contributed by atoms with Crippen molar-refractivity contribution in [3.05, 3.63) is 0 Å². The van der Waals surface area contributed by atoms with E-state index in [-0.39, 0.29) is 0 Å². The molecule has 3 rings (SSSR count). The highest BCUT2D eigenvalue weighted by Gasteiger charge is 2.40. The topological polar surface area (TPSA) is 21.8 Å². The molecule has 0 spiro atoms. The summed E-state index contributed by atoms with van der Waals surface area (Å²) in [6.07, 6.45) is 8.30. The molecule has 3 aliphatic rings.